The molecule has 0 unspecified atom stereocenters. The van der Waals surface area contributed by atoms with Crippen molar-refractivity contribution in [2.75, 3.05) is 48.5 Å². The molecule has 11 heteroatoms. The summed E-state index contributed by atoms with van der Waals surface area (Å²) < 4.78 is 19.5. The molecule has 0 spiro atoms. The van der Waals surface area contributed by atoms with Crippen molar-refractivity contribution >= 4 is 35.3 Å². The molecule has 2 aromatic heterocycles. The minimum atomic E-state index is -0.482. The maximum Gasteiger partial charge on any atom is 0.245 e. The number of hydrogen-bond donors (Lipinski definition) is 3. The first kappa shape index (κ1) is 27.3. The summed E-state index contributed by atoms with van der Waals surface area (Å²) in [5.74, 6) is -0.0592. The highest BCUT2D eigenvalue weighted by molar-refractivity contribution is 6.31. The smallest absolute Gasteiger partial charge is 0.245 e. The number of allylic oxidation sites excluding steroid dienone is 5. The van der Waals surface area contributed by atoms with E-state index < -0.39 is 5.82 Å². The van der Waals surface area contributed by atoms with Gasteiger partial charge in [0.05, 0.1) is 43.2 Å². The largest absolute Gasteiger partial charge is 0.388 e. The Balaban J connectivity index is 1.28. The SMILES string of the molecule is C=C(/C=C(Cl)\C=C(/C)CC1=CCCCN1)Nc1ccc(/C=N/Nc2ncc(F)c(N3CCOCC3)n2)nc1. The van der Waals surface area contributed by atoms with Crippen LogP contribution in [0, 0.1) is 5.82 Å². The van der Waals surface area contributed by atoms with Crippen LogP contribution in [-0.2, 0) is 4.74 Å². The van der Waals surface area contributed by atoms with Crippen LogP contribution in [0.1, 0.15) is 31.9 Å². The maximum atomic E-state index is 14.2. The van der Waals surface area contributed by atoms with Crippen LogP contribution in [0.3, 0.4) is 0 Å². The van der Waals surface area contributed by atoms with Gasteiger partial charge in [0, 0.05) is 42.5 Å². The highest BCUT2D eigenvalue weighted by atomic mass is 35.5. The third-order valence-corrected chi connectivity index (χ3v) is 6.00. The molecular weight excluding hydrogens is 507 g/mol. The number of anilines is 3. The Hall–Kier alpha value is -3.76. The van der Waals surface area contributed by atoms with Gasteiger partial charge in [0.2, 0.25) is 5.95 Å². The molecule has 0 atom stereocenters. The predicted molar refractivity (Wildman–Crippen MR) is 151 cm³/mol. The van der Waals surface area contributed by atoms with E-state index in [1.807, 2.05) is 17.0 Å². The molecule has 2 aliphatic rings. The molecule has 3 N–H and O–H groups in total. The summed E-state index contributed by atoms with van der Waals surface area (Å²) in [6.07, 6.45) is 13.5. The Morgan fingerprint density at radius 2 is 2.11 bits per heavy atom. The second-order valence-electron chi connectivity index (χ2n) is 8.95. The van der Waals surface area contributed by atoms with Gasteiger partial charge in [0.15, 0.2) is 11.6 Å². The Bertz CT molecular complexity index is 1240. The summed E-state index contributed by atoms with van der Waals surface area (Å²) in [5.41, 5.74) is 7.16. The van der Waals surface area contributed by atoms with Crippen molar-refractivity contribution in [1.82, 2.24) is 20.3 Å². The normalized spacial score (nSPS) is 16.7. The Morgan fingerprint density at radius 3 is 2.84 bits per heavy atom. The number of hydrogen-bond acceptors (Lipinski definition) is 9. The molecule has 0 aromatic carbocycles. The van der Waals surface area contributed by atoms with E-state index in [1.165, 1.54) is 23.9 Å². The van der Waals surface area contributed by atoms with Crippen LogP contribution >= 0.6 is 11.6 Å². The maximum absolute atomic E-state index is 14.2. The van der Waals surface area contributed by atoms with E-state index in [-0.39, 0.29) is 11.8 Å². The first-order valence-corrected chi connectivity index (χ1v) is 12.9. The van der Waals surface area contributed by atoms with E-state index in [2.05, 4.69) is 55.7 Å². The van der Waals surface area contributed by atoms with Gasteiger partial charge in [-0.25, -0.2) is 14.8 Å². The van der Waals surface area contributed by atoms with Gasteiger partial charge in [0.25, 0.3) is 0 Å². The van der Waals surface area contributed by atoms with E-state index in [0.29, 0.717) is 42.7 Å². The van der Waals surface area contributed by atoms with E-state index in [9.17, 15) is 4.39 Å². The van der Waals surface area contributed by atoms with Gasteiger partial charge >= 0.3 is 0 Å². The highest BCUT2D eigenvalue weighted by Gasteiger charge is 2.17. The summed E-state index contributed by atoms with van der Waals surface area (Å²) in [5, 5.41) is 11.3. The standard InChI is InChI=1S/C27H32ClFN8O/c1-19(14-22-5-3-4-8-30-22)13-21(28)15-20(2)34-24-7-6-23(31-16-24)17-33-36-27-32-18-25(29)26(35-27)37-9-11-38-12-10-37/h5-7,13,15-18,30,34H,2-4,8-12,14H2,1H3,(H,32,35,36)/b19-13+,21-15+,33-17+. The summed E-state index contributed by atoms with van der Waals surface area (Å²) in [6, 6.07) is 3.65. The van der Waals surface area contributed by atoms with Crippen molar-refractivity contribution in [3.63, 3.8) is 0 Å². The number of ether oxygens (including phenoxy) is 1. The van der Waals surface area contributed by atoms with Crippen LogP contribution in [0.25, 0.3) is 0 Å². The van der Waals surface area contributed by atoms with E-state index in [0.717, 1.165) is 31.3 Å². The molecule has 2 aliphatic heterocycles. The van der Waals surface area contributed by atoms with E-state index in [4.69, 9.17) is 16.3 Å². The van der Waals surface area contributed by atoms with Crippen molar-refractivity contribution in [2.45, 2.75) is 26.2 Å². The monoisotopic (exact) mass is 538 g/mol. The zero-order chi connectivity index (χ0) is 26.7. The zero-order valence-corrected chi connectivity index (χ0v) is 22.1. The fourth-order valence-electron chi connectivity index (χ4n) is 3.97. The number of halogens is 2. The number of rotatable bonds is 10. The minimum absolute atomic E-state index is 0.193. The van der Waals surface area contributed by atoms with Gasteiger partial charge in [-0.15, -0.1) is 0 Å². The van der Waals surface area contributed by atoms with Crippen molar-refractivity contribution in [1.29, 1.82) is 0 Å². The fourth-order valence-corrected chi connectivity index (χ4v) is 4.29. The van der Waals surface area contributed by atoms with E-state index >= 15 is 0 Å². The Kier molecular flexibility index (Phi) is 9.83. The van der Waals surface area contributed by atoms with Crippen LogP contribution in [0.15, 0.2) is 76.4 Å². The average Bonchev–Trinajstić information content (AvgIpc) is 2.91. The lowest BCUT2D eigenvalue weighted by Gasteiger charge is -2.27. The van der Waals surface area contributed by atoms with Crippen LogP contribution in [-0.4, -0.2) is 54.0 Å². The van der Waals surface area contributed by atoms with Crippen molar-refractivity contribution in [2.24, 2.45) is 5.10 Å². The molecule has 2 aromatic rings. The van der Waals surface area contributed by atoms with Crippen LogP contribution in [0.5, 0.6) is 0 Å². The highest BCUT2D eigenvalue weighted by Crippen LogP contribution is 2.19. The number of pyridine rings is 1. The molecule has 4 heterocycles. The molecule has 1 fully saturated rings. The quantitative estimate of drug-likeness (QED) is 0.222. The van der Waals surface area contributed by atoms with Crippen LogP contribution in [0.4, 0.5) is 21.8 Å². The number of hydrazone groups is 1. The molecule has 9 nitrogen and oxygen atoms in total. The lowest BCUT2D eigenvalue weighted by Crippen LogP contribution is -2.37. The van der Waals surface area contributed by atoms with Gasteiger partial charge in [0.1, 0.15) is 0 Å². The predicted octanol–water partition coefficient (Wildman–Crippen LogP) is 4.95. The third kappa shape index (κ3) is 8.39. The number of nitrogens with one attached hydrogen (secondary N) is 3. The summed E-state index contributed by atoms with van der Waals surface area (Å²) >= 11 is 6.41. The third-order valence-electron chi connectivity index (χ3n) is 5.78. The zero-order valence-electron chi connectivity index (χ0n) is 21.4. The molecule has 38 heavy (non-hydrogen) atoms. The molecule has 0 aliphatic carbocycles. The van der Waals surface area contributed by atoms with Gasteiger partial charge < -0.3 is 20.3 Å². The van der Waals surface area contributed by atoms with Crippen molar-refractivity contribution in [3.05, 3.63) is 82.8 Å². The molecule has 0 radical (unpaired) electrons. The first-order valence-electron chi connectivity index (χ1n) is 12.5. The second kappa shape index (κ2) is 13.7. The summed E-state index contributed by atoms with van der Waals surface area (Å²) in [7, 11) is 0. The Labute approximate surface area is 227 Å². The average molecular weight is 539 g/mol. The summed E-state index contributed by atoms with van der Waals surface area (Å²) in [4.78, 5) is 14.4. The molecule has 1 saturated heterocycles. The first-order chi connectivity index (χ1) is 18.5. The molecular formula is C27H32ClFN8O. The van der Waals surface area contributed by atoms with Crippen LogP contribution in [0.2, 0.25) is 0 Å². The van der Waals surface area contributed by atoms with Crippen molar-refractivity contribution in [3.8, 4) is 0 Å². The second-order valence-corrected chi connectivity index (χ2v) is 9.39. The van der Waals surface area contributed by atoms with E-state index in [1.54, 1.807) is 18.3 Å². The van der Waals surface area contributed by atoms with Crippen LogP contribution < -0.4 is 21.0 Å². The van der Waals surface area contributed by atoms with Gasteiger partial charge in [-0.3, -0.25) is 4.98 Å². The number of nitrogens with zero attached hydrogens (tertiary/aromatic N) is 5. The van der Waals surface area contributed by atoms with Gasteiger partial charge in [-0.2, -0.15) is 10.1 Å². The Morgan fingerprint density at radius 1 is 1.26 bits per heavy atom. The molecule has 0 saturated carbocycles. The molecule has 0 amide bonds. The fraction of sp³-hybridized carbons (Fsp3) is 0.333. The van der Waals surface area contributed by atoms with Crippen molar-refractivity contribution < 1.29 is 9.13 Å². The number of morpholine rings is 1. The van der Waals surface area contributed by atoms with Gasteiger partial charge in [-0.05, 0) is 44.1 Å². The van der Waals surface area contributed by atoms with Gasteiger partial charge in [-0.1, -0.05) is 29.8 Å². The number of aromatic nitrogens is 3. The molecule has 200 valence electrons. The lowest BCUT2D eigenvalue weighted by atomic mass is 10.1. The minimum Gasteiger partial charge on any atom is -0.388 e. The topological polar surface area (TPSA) is 99.6 Å². The molecule has 0 bridgehead atoms. The lowest BCUT2D eigenvalue weighted by molar-refractivity contribution is 0.122. The summed E-state index contributed by atoms with van der Waals surface area (Å²) in [6.45, 7) is 9.32. The molecule has 4 rings (SSSR count).